The quantitative estimate of drug-likeness (QED) is 0.711. The Labute approximate surface area is 109 Å². The monoisotopic (exact) mass is 243 g/mol. The van der Waals surface area contributed by atoms with Crippen molar-refractivity contribution in [1.29, 1.82) is 0 Å². The van der Waals surface area contributed by atoms with E-state index in [4.69, 9.17) is 0 Å². The molecule has 2 aromatic heterocycles. The zero-order valence-corrected chi connectivity index (χ0v) is 12.1. The van der Waals surface area contributed by atoms with Gasteiger partial charge in [0.05, 0.1) is 0 Å². The van der Waals surface area contributed by atoms with Crippen molar-refractivity contribution in [1.82, 2.24) is 15.0 Å². The molecular formula is C15H21N3. The standard InChI is InChI=1S/C8H11N.C7H10N2/c1-6-4-5-9-8(3)7(6)2;1-5-6(2)8-4-9-7(5)3/h4-5H,1-3H3;4H,1-3H3. The van der Waals surface area contributed by atoms with Gasteiger partial charge < -0.3 is 0 Å². The summed E-state index contributed by atoms with van der Waals surface area (Å²) in [6, 6.07) is 2.03. The van der Waals surface area contributed by atoms with Gasteiger partial charge in [0, 0.05) is 23.3 Å². The molecule has 96 valence electrons. The fourth-order valence-electron chi connectivity index (χ4n) is 1.43. The number of hydrogen-bond donors (Lipinski definition) is 0. The van der Waals surface area contributed by atoms with Crippen LogP contribution < -0.4 is 0 Å². The van der Waals surface area contributed by atoms with E-state index in [0.29, 0.717) is 0 Å². The first-order chi connectivity index (χ1) is 8.43. The van der Waals surface area contributed by atoms with Crippen molar-refractivity contribution in [2.75, 3.05) is 0 Å². The highest BCUT2D eigenvalue weighted by molar-refractivity contribution is 5.25. The fourth-order valence-corrected chi connectivity index (χ4v) is 1.43. The average molecular weight is 243 g/mol. The number of aromatic nitrogens is 3. The molecule has 0 saturated heterocycles. The molecule has 0 fully saturated rings. The lowest BCUT2D eigenvalue weighted by molar-refractivity contribution is 1.01. The second-order valence-electron chi connectivity index (χ2n) is 4.51. The van der Waals surface area contributed by atoms with Gasteiger partial charge in [-0.05, 0) is 64.3 Å². The first-order valence-corrected chi connectivity index (χ1v) is 6.07. The maximum atomic E-state index is 4.14. The molecule has 0 radical (unpaired) electrons. The van der Waals surface area contributed by atoms with Gasteiger partial charge in [-0.3, -0.25) is 4.98 Å². The van der Waals surface area contributed by atoms with Crippen molar-refractivity contribution in [2.24, 2.45) is 0 Å². The summed E-state index contributed by atoms with van der Waals surface area (Å²) in [6.07, 6.45) is 3.44. The Morgan fingerprint density at radius 1 is 0.667 bits per heavy atom. The number of rotatable bonds is 0. The molecule has 3 nitrogen and oxygen atoms in total. The summed E-state index contributed by atoms with van der Waals surface area (Å²) >= 11 is 0. The molecule has 0 aromatic carbocycles. The Bertz CT molecular complexity index is 443. The third-order valence-electron chi connectivity index (χ3n) is 3.32. The van der Waals surface area contributed by atoms with E-state index in [1.54, 1.807) is 6.33 Å². The summed E-state index contributed by atoms with van der Waals surface area (Å²) in [7, 11) is 0. The van der Waals surface area contributed by atoms with Gasteiger partial charge in [0.25, 0.3) is 0 Å². The van der Waals surface area contributed by atoms with Crippen LogP contribution in [0.1, 0.15) is 33.8 Å². The lowest BCUT2D eigenvalue weighted by Crippen LogP contribution is -1.92. The van der Waals surface area contributed by atoms with Crippen LogP contribution in [-0.4, -0.2) is 15.0 Å². The molecule has 0 atom stereocenters. The zero-order valence-electron chi connectivity index (χ0n) is 12.1. The lowest BCUT2D eigenvalue weighted by atomic mass is 10.1. The Hall–Kier alpha value is -1.77. The molecule has 0 saturated carbocycles. The van der Waals surface area contributed by atoms with Gasteiger partial charge in [0.1, 0.15) is 6.33 Å². The second-order valence-corrected chi connectivity index (χ2v) is 4.51. The van der Waals surface area contributed by atoms with Crippen LogP contribution in [0, 0.1) is 41.5 Å². The van der Waals surface area contributed by atoms with Gasteiger partial charge in [-0.1, -0.05) is 0 Å². The molecule has 0 amide bonds. The molecule has 0 unspecified atom stereocenters. The average Bonchev–Trinajstić information content (AvgIpc) is 2.34. The topological polar surface area (TPSA) is 38.7 Å². The van der Waals surface area contributed by atoms with Crippen molar-refractivity contribution >= 4 is 0 Å². The molecule has 0 N–H and O–H groups in total. The van der Waals surface area contributed by atoms with Gasteiger partial charge in [-0.15, -0.1) is 0 Å². The van der Waals surface area contributed by atoms with Crippen molar-refractivity contribution in [3.05, 3.63) is 52.4 Å². The lowest BCUT2D eigenvalue weighted by Gasteiger charge is -1.99. The van der Waals surface area contributed by atoms with Crippen LogP contribution in [0.5, 0.6) is 0 Å². The normalized spacial score (nSPS) is 9.67. The number of nitrogens with zero attached hydrogens (tertiary/aromatic N) is 3. The molecule has 2 aromatic rings. The highest BCUT2D eigenvalue weighted by atomic mass is 14.8. The predicted octanol–water partition coefficient (Wildman–Crippen LogP) is 3.41. The van der Waals surface area contributed by atoms with Crippen molar-refractivity contribution in [3.63, 3.8) is 0 Å². The van der Waals surface area contributed by atoms with Crippen molar-refractivity contribution in [3.8, 4) is 0 Å². The fraction of sp³-hybridized carbons (Fsp3) is 0.400. The van der Waals surface area contributed by atoms with Crippen LogP contribution in [0.3, 0.4) is 0 Å². The second kappa shape index (κ2) is 6.24. The first kappa shape index (κ1) is 14.3. The molecule has 3 heteroatoms. The van der Waals surface area contributed by atoms with Crippen molar-refractivity contribution in [2.45, 2.75) is 41.5 Å². The van der Waals surface area contributed by atoms with Crippen LogP contribution >= 0.6 is 0 Å². The smallest absolute Gasteiger partial charge is 0.115 e. The molecule has 18 heavy (non-hydrogen) atoms. The molecule has 2 rings (SSSR count). The summed E-state index contributed by atoms with van der Waals surface area (Å²) in [4.78, 5) is 12.2. The minimum atomic E-state index is 1.07. The number of aryl methyl sites for hydroxylation is 4. The Balaban J connectivity index is 0.000000180. The minimum absolute atomic E-state index is 1.07. The van der Waals surface area contributed by atoms with E-state index < -0.39 is 0 Å². The van der Waals surface area contributed by atoms with Gasteiger partial charge in [-0.2, -0.15) is 0 Å². The van der Waals surface area contributed by atoms with Crippen LogP contribution in [0.2, 0.25) is 0 Å². The summed E-state index contributed by atoms with van der Waals surface area (Å²) in [5.41, 5.74) is 7.09. The van der Waals surface area contributed by atoms with E-state index in [-0.39, 0.29) is 0 Å². The van der Waals surface area contributed by atoms with Gasteiger partial charge in [0.2, 0.25) is 0 Å². The number of pyridine rings is 1. The molecule has 0 bridgehead atoms. The Kier molecular flexibility index (Phi) is 4.95. The first-order valence-electron chi connectivity index (χ1n) is 6.07. The van der Waals surface area contributed by atoms with Crippen LogP contribution in [0.4, 0.5) is 0 Å². The highest BCUT2D eigenvalue weighted by Crippen LogP contribution is 2.07. The highest BCUT2D eigenvalue weighted by Gasteiger charge is 1.95. The van der Waals surface area contributed by atoms with Crippen LogP contribution in [0.25, 0.3) is 0 Å². The van der Waals surface area contributed by atoms with Gasteiger partial charge in [0.15, 0.2) is 0 Å². The van der Waals surface area contributed by atoms with Crippen molar-refractivity contribution < 1.29 is 0 Å². The zero-order chi connectivity index (χ0) is 13.7. The maximum Gasteiger partial charge on any atom is 0.115 e. The SMILES string of the molecule is Cc1ccnc(C)c1C.Cc1ncnc(C)c1C. The Morgan fingerprint density at radius 2 is 1.17 bits per heavy atom. The van der Waals surface area contributed by atoms with E-state index >= 15 is 0 Å². The summed E-state index contributed by atoms with van der Waals surface area (Å²) in [5, 5.41) is 0. The molecule has 0 aliphatic heterocycles. The third-order valence-corrected chi connectivity index (χ3v) is 3.32. The minimum Gasteiger partial charge on any atom is -0.261 e. The largest absolute Gasteiger partial charge is 0.261 e. The summed E-state index contributed by atoms with van der Waals surface area (Å²) in [6.45, 7) is 12.2. The molecule has 2 heterocycles. The number of hydrogen-bond acceptors (Lipinski definition) is 3. The molecule has 0 aliphatic rings. The van der Waals surface area contributed by atoms with E-state index in [9.17, 15) is 0 Å². The van der Waals surface area contributed by atoms with Gasteiger partial charge >= 0.3 is 0 Å². The molecule has 0 aliphatic carbocycles. The van der Waals surface area contributed by atoms with E-state index in [1.807, 2.05) is 40.0 Å². The summed E-state index contributed by atoms with van der Waals surface area (Å²) < 4.78 is 0. The van der Waals surface area contributed by atoms with Crippen LogP contribution in [0.15, 0.2) is 18.6 Å². The Morgan fingerprint density at radius 3 is 1.56 bits per heavy atom. The predicted molar refractivity (Wildman–Crippen MR) is 74.7 cm³/mol. The van der Waals surface area contributed by atoms with Gasteiger partial charge in [-0.25, -0.2) is 9.97 Å². The molecular weight excluding hydrogens is 222 g/mol. The molecule has 0 spiro atoms. The van der Waals surface area contributed by atoms with E-state index in [0.717, 1.165) is 17.1 Å². The van der Waals surface area contributed by atoms with E-state index in [2.05, 4.69) is 28.8 Å². The third kappa shape index (κ3) is 3.62. The summed E-state index contributed by atoms with van der Waals surface area (Å²) in [5.74, 6) is 0. The van der Waals surface area contributed by atoms with Crippen LogP contribution in [-0.2, 0) is 0 Å². The maximum absolute atomic E-state index is 4.14. The van der Waals surface area contributed by atoms with E-state index in [1.165, 1.54) is 16.7 Å².